The molecule has 33 heavy (non-hydrogen) atoms. The van der Waals surface area contributed by atoms with Crippen LogP contribution in [0.3, 0.4) is 0 Å². The van der Waals surface area contributed by atoms with Crippen molar-refractivity contribution in [1.29, 1.82) is 0 Å². The number of carbonyl (C=O) groups excluding carboxylic acids is 1. The van der Waals surface area contributed by atoms with Crippen LogP contribution < -0.4 is 0 Å². The van der Waals surface area contributed by atoms with Gasteiger partial charge in [-0.1, -0.05) is 27.7 Å². The van der Waals surface area contributed by atoms with Crippen molar-refractivity contribution in [1.82, 2.24) is 0 Å². The van der Waals surface area contributed by atoms with Crippen LogP contribution in [0.25, 0.3) is 0 Å². The van der Waals surface area contributed by atoms with Crippen LogP contribution in [-0.2, 0) is 9.53 Å². The Morgan fingerprint density at radius 3 is 2.52 bits per heavy atom. The van der Waals surface area contributed by atoms with Crippen LogP contribution in [0, 0.1) is 58.2 Å². The molecule has 2 N–H and O–H groups in total. The van der Waals surface area contributed by atoms with Gasteiger partial charge in [0.2, 0.25) is 0 Å². The summed E-state index contributed by atoms with van der Waals surface area (Å²) in [5.41, 5.74) is -0.384. The number of ether oxygens (including phenoxy) is 1. The number of Topliss-reactive ketones (excluding diaryl/α,β-unsaturated/α-hetero) is 1. The van der Waals surface area contributed by atoms with Crippen molar-refractivity contribution < 1.29 is 19.7 Å². The second-order valence-corrected chi connectivity index (χ2v) is 14.0. The van der Waals surface area contributed by atoms with Crippen molar-refractivity contribution in [2.75, 3.05) is 6.61 Å². The van der Waals surface area contributed by atoms with Crippen LogP contribution in [0.4, 0.5) is 0 Å². The summed E-state index contributed by atoms with van der Waals surface area (Å²) in [5, 5.41) is 23.2. The molecule has 5 saturated carbocycles. The van der Waals surface area contributed by atoms with Gasteiger partial charge in [-0.25, -0.2) is 0 Å². The van der Waals surface area contributed by atoms with Gasteiger partial charge in [0, 0.05) is 24.2 Å². The molecule has 4 nitrogen and oxygen atoms in total. The zero-order valence-corrected chi connectivity index (χ0v) is 21.3. The first-order valence-electron chi connectivity index (χ1n) is 14.1. The Morgan fingerprint density at radius 2 is 1.85 bits per heavy atom. The van der Waals surface area contributed by atoms with Crippen LogP contribution in [0.5, 0.6) is 0 Å². The van der Waals surface area contributed by atoms with Gasteiger partial charge in [-0.15, -0.1) is 0 Å². The summed E-state index contributed by atoms with van der Waals surface area (Å²) in [6.45, 7) is 10.1. The first-order chi connectivity index (χ1) is 15.6. The van der Waals surface area contributed by atoms with Crippen molar-refractivity contribution in [3.8, 4) is 0 Å². The van der Waals surface area contributed by atoms with Crippen LogP contribution in [0.15, 0.2) is 0 Å². The molecule has 0 aromatic heterocycles. The van der Waals surface area contributed by atoms with Gasteiger partial charge in [0.05, 0.1) is 18.8 Å². The molecule has 0 radical (unpaired) electrons. The Bertz CT molecular complexity index is 805. The number of aliphatic hydroxyl groups excluding tert-OH is 2. The van der Waals surface area contributed by atoms with E-state index in [2.05, 4.69) is 27.7 Å². The lowest BCUT2D eigenvalue weighted by Crippen LogP contribution is -2.60. The molecule has 6 fully saturated rings. The average molecular weight is 459 g/mol. The number of hydrogen-bond donors (Lipinski definition) is 2. The number of epoxide rings is 1. The molecule has 4 heteroatoms. The highest BCUT2D eigenvalue weighted by Crippen LogP contribution is 2.70. The van der Waals surface area contributed by atoms with Crippen molar-refractivity contribution in [3.05, 3.63) is 0 Å². The maximum Gasteiger partial charge on any atom is 0.133 e. The molecular weight excluding hydrogens is 412 g/mol. The maximum atomic E-state index is 12.2. The summed E-state index contributed by atoms with van der Waals surface area (Å²) >= 11 is 0. The van der Waals surface area contributed by atoms with Crippen molar-refractivity contribution >= 4 is 5.78 Å². The first kappa shape index (κ1) is 23.0. The van der Waals surface area contributed by atoms with Gasteiger partial charge in [0.15, 0.2) is 0 Å². The SMILES string of the molecule is C[C@@H]1C[C@H]1[C@H](C)C[C@@H](O)[C@@]1([C@H]2CCC3C4CC[C@H]5CC(=O)CC[C@]5(C)C4C[C@@H](O)[C@@]32C)CO1. The summed E-state index contributed by atoms with van der Waals surface area (Å²) in [6, 6.07) is 0. The Hall–Kier alpha value is -0.450. The average Bonchev–Trinajstić information content (AvgIpc) is 3.68. The van der Waals surface area contributed by atoms with Crippen LogP contribution in [0.2, 0.25) is 0 Å². The first-order valence-corrected chi connectivity index (χ1v) is 14.1. The van der Waals surface area contributed by atoms with E-state index in [0.717, 1.165) is 56.8 Å². The van der Waals surface area contributed by atoms with E-state index >= 15 is 0 Å². The highest BCUT2D eigenvalue weighted by Gasteiger charge is 2.71. The third-order valence-corrected chi connectivity index (χ3v) is 12.7. The largest absolute Gasteiger partial charge is 0.393 e. The van der Waals surface area contributed by atoms with E-state index < -0.39 is 11.7 Å². The van der Waals surface area contributed by atoms with Crippen molar-refractivity contribution in [2.24, 2.45) is 58.2 Å². The molecule has 0 bridgehead atoms. The zero-order valence-electron chi connectivity index (χ0n) is 21.3. The lowest BCUT2D eigenvalue weighted by molar-refractivity contribution is -0.176. The minimum atomic E-state index is -0.429. The van der Waals surface area contributed by atoms with Crippen molar-refractivity contribution in [3.63, 3.8) is 0 Å². The van der Waals surface area contributed by atoms with Gasteiger partial charge >= 0.3 is 0 Å². The van der Waals surface area contributed by atoms with Crippen LogP contribution >= 0.6 is 0 Å². The molecular formula is C29H46O4. The van der Waals surface area contributed by atoms with Crippen LogP contribution in [0.1, 0.15) is 91.9 Å². The number of hydrogen-bond acceptors (Lipinski definition) is 4. The van der Waals surface area contributed by atoms with E-state index in [-0.39, 0.29) is 22.9 Å². The molecule has 186 valence electrons. The Labute approximate surface area is 200 Å². The van der Waals surface area contributed by atoms with Gasteiger partial charge in [-0.2, -0.15) is 0 Å². The summed E-state index contributed by atoms with van der Waals surface area (Å²) in [6.07, 6.45) is 9.40. The topological polar surface area (TPSA) is 70.1 Å². The fraction of sp³-hybridized carbons (Fsp3) is 0.966. The quantitative estimate of drug-likeness (QED) is 0.569. The van der Waals surface area contributed by atoms with Gasteiger partial charge in [-0.05, 0) is 98.2 Å². The number of aliphatic hydroxyl groups is 2. The summed E-state index contributed by atoms with van der Waals surface area (Å²) in [4.78, 5) is 12.2. The predicted octanol–water partition coefficient (Wildman–Crippen LogP) is 5.00. The number of fused-ring (bicyclic) bond motifs is 5. The molecule has 0 aromatic carbocycles. The third kappa shape index (κ3) is 3.22. The number of carbonyl (C=O) groups is 1. The fourth-order valence-corrected chi connectivity index (χ4v) is 10.4. The molecule has 5 aliphatic carbocycles. The molecule has 3 unspecified atom stereocenters. The number of ketones is 1. The summed E-state index contributed by atoms with van der Waals surface area (Å²) < 4.78 is 6.19. The highest BCUT2D eigenvalue weighted by molar-refractivity contribution is 5.79. The van der Waals surface area contributed by atoms with E-state index in [1.54, 1.807) is 0 Å². The standard InChI is InChI=1S/C29H46O4/c1-16-11-21(16)17(2)12-26(32)29(15-33-29)24-8-7-22-20-6-5-18-13-19(30)9-10-27(18,3)23(20)14-25(31)28(22,24)4/h16-18,20-26,31-32H,5-15H2,1-4H3/t16-,17-,18+,20?,21-,22?,23?,24+,25-,26-,27+,28+,29+/m1/s1. The second kappa shape index (κ2) is 7.53. The molecule has 1 saturated heterocycles. The number of rotatable bonds is 5. The molecule has 0 aromatic rings. The van der Waals surface area contributed by atoms with Gasteiger partial charge in [0.1, 0.15) is 11.4 Å². The van der Waals surface area contributed by atoms with E-state index in [0.29, 0.717) is 42.0 Å². The fourth-order valence-electron chi connectivity index (χ4n) is 10.4. The Morgan fingerprint density at radius 1 is 1.12 bits per heavy atom. The smallest absolute Gasteiger partial charge is 0.133 e. The minimum Gasteiger partial charge on any atom is -0.393 e. The molecule has 1 heterocycles. The molecule has 6 rings (SSSR count). The lowest BCUT2D eigenvalue weighted by atomic mass is 9.43. The lowest BCUT2D eigenvalue weighted by Gasteiger charge is -2.62. The zero-order chi connectivity index (χ0) is 23.3. The molecule has 1 aliphatic heterocycles. The van der Waals surface area contributed by atoms with E-state index in [1.165, 1.54) is 19.3 Å². The van der Waals surface area contributed by atoms with E-state index in [1.807, 2.05) is 0 Å². The summed E-state index contributed by atoms with van der Waals surface area (Å²) in [5.74, 6) is 5.04. The van der Waals surface area contributed by atoms with Gasteiger partial charge < -0.3 is 14.9 Å². The van der Waals surface area contributed by atoms with Gasteiger partial charge in [0.25, 0.3) is 0 Å². The van der Waals surface area contributed by atoms with E-state index in [9.17, 15) is 15.0 Å². The second-order valence-electron chi connectivity index (χ2n) is 14.0. The third-order valence-electron chi connectivity index (χ3n) is 12.7. The monoisotopic (exact) mass is 458 g/mol. The summed E-state index contributed by atoms with van der Waals surface area (Å²) in [7, 11) is 0. The predicted molar refractivity (Wildman–Crippen MR) is 127 cm³/mol. The minimum absolute atomic E-state index is 0.164. The highest BCUT2D eigenvalue weighted by atomic mass is 16.6. The molecule has 0 spiro atoms. The molecule has 0 amide bonds. The van der Waals surface area contributed by atoms with Gasteiger partial charge in [-0.3, -0.25) is 4.79 Å². The van der Waals surface area contributed by atoms with Crippen molar-refractivity contribution in [2.45, 2.75) is 110 Å². The Balaban J connectivity index is 1.24. The molecule has 6 aliphatic rings. The van der Waals surface area contributed by atoms with Crippen LogP contribution in [-0.4, -0.2) is 40.4 Å². The van der Waals surface area contributed by atoms with E-state index in [4.69, 9.17) is 4.74 Å². The normalized spacial score (nSPS) is 57.0. The Kier molecular flexibility index (Phi) is 5.24. The molecule has 13 atom stereocenters. The maximum absolute atomic E-state index is 12.2.